The molecule has 0 amide bonds. The van der Waals surface area contributed by atoms with Crippen LogP contribution >= 0.6 is 0 Å². The van der Waals surface area contributed by atoms with Gasteiger partial charge < -0.3 is 9.88 Å². The first-order valence-corrected chi connectivity index (χ1v) is 7.37. The van der Waals surface area contributed by atoms with Crippen molar-refractivity contribution in [3.8, 4) is 6.07 Å². The molecule has 0 aliphatic heterocycles. The topological polar surface area (TPSA) is 42.8 Å². The predicted octanol–water partition coefficient (Wildman–Crippen LogP) is 3.34. The van der Waals surface area contributed by atoms with E-state index in [9.17, 15) is 5.26 Å². The lowest BCUT2D eigenvalue weighted by Gasteiger charge is -2.38. The number of aromatic nitrogens is 1. The molecule has 20 heavy (non-hydrogen) atoms. The third-order valence-electron chi connectivity index (χ3n) is 4.56. The van der Waals surface area contributed by atoms with Crippen LogP contribution in [0.4, 0.5) is 0 Å². The van der Waals surface area contributed by atoms with Gasteiger partial charge in [0.25, 0.3) is 0 Å². The SMILES string of the molecule is CN(CCc1c[nH]c2ccccc12)CC1(C#N)CCC1. The Morgan fingerprint density at radius 2 is 2.15 bits per heavy atom. The normalized spacial score (nSPS) is 17.1. The fourth-order valence-electron chi connectivity index (χ4n) is 3.15. The second kappa shape index (κ2) is 5.30. The van der Waals surface area contributed by atoms with E-state index in [1.807, 2.05) is 0 Å². The van der Waals surface area contributed by atoms with E-state index in [0.29, 0.717) is 0 Å². The summed E-state index contributed by atoms with van der Waals surface area (Å²) >= 11 is 0. The van der Waals surface area contributed by atoms with E-state index in [1.165, 1.54) is 22.9 Å². The minimum Gasteiger partial charge on any atom is -0.361 e. The zero-order valence-corrected chi connectivity index (χ0v) is 12.0. The van der Waals surface area contributed by atoms with Crippen molar-refractivity contribution in [2.45, 2.75) is 25.7 Å². The van der Waals surface area contributed by atoms with Gasteiger partial charge in [-0.05, 0) is 37.9 Å². The largest absolute Gasteiger partial charge is 0.361 e. The predicted molar refractivity (Wildman–Crippen MR) is 81.4 cm³/mol. The number of hydrogen-bond donors (Lipinski definition) is 1. The quantitative estimate of drug-likeness (QED) is 0.903. The van der Waals surface area contributed by atoms with Gasteiger partial charge in [-0.25, -0.2) is 0 Å². The van der Waals surface area contributed by atoms with Crippen LogP contribution in [0.5, 0.6) is 0 Å². The number of H-pyrrole nitrogens is 1. The van der Waals surface area contributed by atoms with Crippen molar-refractivity contribution in [2.75, 3.05) is 20.1 Å². The van der Waals surface area contributed by atoms with Gasteiger partial charge >= 0.3 is 0 Å². The van der Waals surface area contributed by atoms with Gasteiger partial charge in [-0.2, -0.15) is 5.26 Å². The molecule has 0 bridgehead atoms. The number of nitrogens with zero attached hydrogens (tertiary/aromatic N) is 2. The number of nitrogens with one attached hydrogen (secondary N) is 1. The molecule has 1 N–H and O–H groups in total. The van der Waals surface area contributed by atoms with Gasteiger partial charge in [-0.3, -0.25) is 0 Å². The standard InChI is InChI=1S/C17H21N3/c1-20(13-17(12-18)8-4-9-17)10-7-14-11-19-16-6-3-2-5-15(14)16/h2-3,5-6,11,19H,4,7-10,13H2,1H3. The molecule has 3 rings (SSSR count). The minimum atomic E-state index is -0.0606. The summed E-state index contributed by atoms with van der Waals surface area (Å²) in [5.74, 6) is 0. The fourth-order valence-corrected chi connectivity index (χ4v) is 3.15. The summed E-state index contributed by atoms with van der Waals surface area (Å²) in [5.41, 5.74) is 2.51. The summed E-state index contributed by atoms with van der Waals surface area (Å²) < 4.78 is 0. The van der Waals surface area contributed by atoms with E-state index in [-0.39, 0.29) is 5.41 Å². The molecule has 3 nitrogen and oxygen atoms in total. The molecule has 1 heterocycles. The molecule has 2 aromatic rings. The van der Waals surface area contributed by atoms with Crippen molar-refractivity contribution in [1.82, 2.24) is 9.88 Å². The fraction of sp³-hybridized carbons (Fsp3) is 0.471. The highest BCUT2D eigenvalue weighted by atomic mass is 15.1. The molecule has 1 aromatic carbocycles. The van der Waals surface area contributed by atoms with Crippen molar-refractivity contribution < 1.29 is 0 Å². The van der Waals surface area contributed by atoms with E-state index in [0.717, 1.165) is 32.4 Å². The molecule has 1 aromatic heterocycles. The van der Waals surface area contributed by atoms with Crippen LogP contribution in [0.1, 0.15) is 24.8 Å². The third kappa shape index (κ3) is 2.44. The summed E-state index contributed by atoms with van der Waals surface area (Å²) in [4.78, 5) is 5.63. The van der Waals surface area contributed by atoms with Crippen molar-refractivity contribution in [3.63, 3.8) is 0 Å². The van der Waals surface area contributed by atoms with Crippen LogP contribution < -0.4 is 0 Å². The van der Waals surface area contributed by atoms with E-state index in [1.54, 1.807) is 0 Å². The monoisotopic (exact) mass is 267 g/mol. The molecule has 0 unspecified atom stereocenters. The molecule has 104 valence electrons. The molecular formula is C17H21N3. The Balaban J connectivity index is 1.60. The molecule has 3 heteroatoms. The number of nitriles is 1. The van der Waals surface area contributed by atoms with Crippen molar-refractivity contribution >= 4 is 10.9 Å². The van der Waals surface area contributed by atoms with Gasteiger partial charge in [0, 0.05) is 30.2 Å². The highest BCUT2D eigenvalue weighted by Crippen LogP contribution is 2.40. The van der Waals surface area contributed by atoms with E-state index in [2.05, 4.69) is 53.5 Å². The lowest BCUT2D eigenvalue weighted by molar-refractivity contribution is 0.139. The molecule has 1 aliphatic rings. The Morgan fingerprint density at radius 3 is 2.85 bits per heavy atom. The van der Waals surface area contributed by atoms with E-state index >= 15 is 0 Å². The Labute approximate surface area is 120 Å². The number of aromatic amines is 1. The summed E-state index contributed by atoms with van der Waals surface area (Å²) in [7, 11) is 2.13. The van der Waals surface area contributed by atoms with E-state index < -0.39 is 0 Å². The van der Waals surface area contributed by atoms with Crippen LogP contribution in [0, 0.1) is 16.7 Å². The van der Waals surface area contributed by atoms with Crippen LogP contribution in [0.2, 0.25) is 0 Å². The molecule has 1 fully saturated rings. The molecule has 0 atom stereocenters. The Morgan fingerprint density at radius 1 is 1.35 bits per heavy atom. The second-order valence-electron chi connectivity index (χ2n) is 6.09. The van der Waals surface area contributed by atoms with Gasteiger partial charge in [0.15, 0.2) is 0 Å². The number of hydrogen-bond acceptors (Lipinski definition) is 2. The zero-order valence-electron chi connectivity index (χ0n) is 12.0. The summed E-state index contributed by atoms with van der Waals surface area (Å²) in [6, 6.07) is 10.9. The average molecular weight is 267 g/mol. The number of benzene rings is 1. The first-order chi connectivity index (χ1) is 9.72. The van der Waals surface area contributed by atoms with Gasteiger partial charge in [0.1, 0.15) is 0 Å². The highest BCUT2D eigenvalue weighted by molar-refractivity contribution is 5.83. The molecule has 1 saturated carbocycles. The Bertz CT molecular complexity index is 631. The number of rotatable bonds is 5. The first-order valence-electron chi connectivity index (χ1n) is 7.37. The van der Waals surface area contributed by atoms with Crippen LogP contribution in [-0.2, 0) is 6.42 Å². The smallest absolute Gasteiger partial charge is 0.0703 e. The Kier molecular flexibility index (Phi) is 3.50. The average Bonchev–Trinajstić information content (AvgIpc) is 2.84. The minimum absolute atomic E-state index is 0.0606. The summed E-state index contributed by atoms with van der Waals surface area (Å²) in [6.45, 7) is 1.91. The maximum atomic E-state index is 9.30. The third-order valence-corrected chi connectivity index (χ3v) is 4.56. The van der Waals surface area contributed by atoms with Crippen LogP contribution in [0.3, 0.4) is 0 Å². The lowest BCUT2D eigenvalue weighted by Crippen LogP contribution is -2.40. The first kappa shape index (κ1) is 13.2. The van der Waals surface area contributed by atoms with Crippen LogP contribution in [-0.4, -0.2) is 30.0 Å². The van der Waals surface area contributed by atoms with Crippen LogP contribution in [0.25, 0.3) is 10.9 Å². The maximum absolute atomic E-state index is 9.30. The molecule has 0 spiro atoms. The van der Waals surface area contributed by atoms with Crippen molar-refractivity contribution in [3.05, 3.63) is 36.0 Å². The number of likely N-dealkylation sites (N-methyl/N-ethyl adjacent to an activating group) is 1. The molecular weight excluding hydrogens is 246 g/mol. The maximum Gasteiger partial charge on any atom is 0.0703 e. The summed E-state index contributed by atoms with van der Waals surface area (Å²) in [5, 5.41) is 10.6. The molecule has 0 radical (unpaired) electrons. The molecule has 1 aliphatic carbocycles. The summed E-state index contributed by atoms with van der Waals surface area (Å²) in [6.07, 6.45) is 6.50. The lowest BCUT2D eigenvalue weighted by atomic mass is 9.69. The van der Waals surface area contributed by atoms with Crippen molar-refractivity contribution in [2.24, 2.45) is 5.41 Å². The Hall–Kier alpha value is -1.79. The van der Waals surface area contributed by atoms with E-state index in [4.69, 9.17) is 0 Å². The second-order valence-corrected chi connectivity index (χ2v) is 6.09. The van der Waals surface area contributed by atoms with Crippen molar-refractivity contribution in [1.29, 1.82) is 5.26 Å². The van der Waals surface area contributed by atoms with Gasteiger partial charge in [-0.1, -0.05) is 24.6 Å². The number of para-hydroxylation sites is 1. The van der Waals surface area contributed by atoms with Crippen LogP contribution in [0.15, 0.2) is 30.5 Å². The van der Waals surface area contributed by atoms with Gasteiger partial charge in [0.05, 0.1) is 11.5 Å². The van der Waals surface area contributed by atoms with Gasteiger partial charge in [-0.15, -0.1) is 0 Å². The molecule has 0 saturated heterocycles. The van der Waals surface area contributed by atoms with Gasteiger partial charge in [0.2, 0.25) is 0 Å². The highest BCUT2D eigenvalue weighted by Gasteiger charge is 2.37. The number of fused-ring (bicyclic) bond motifs is 1. The zero-order chi connectivity index (χ0) is 14.0.